The van der Waals surface area contributed by atoms with Gasteiger partial charge < -0.3 is 20.6 Å². The standard InChI is InChI=1S/C13H27N5O2S/c14-1-5-19-7-8-20-6-2-18-12-13(15-16-18)11-17-3-9-21-10-4-17/h12,15-16H,1-11,14H2. The Hall–Kier alpha value is -0.510. The van der Waals surface area contributed by atoms with Crippen molar-refractivity contribution in [1.29, 1.82) is 0 Å². The fourth-order valence-corrected chi connectivity index (χ4v) is 3.14. The van der Waals surface area contributed by atoms with Gasteiger partial charge in [0.1, 0.15) is 0 Å². The van der Waals surface area contributed by atoms with Gasteiger partial charge in [0.2, 0.25) is 0 Å². The van der Waals surface area contributed by atoms with E-state index in [1.165, 1.54) is 30.3 Å². The van der Waals surface area contributed by atoms with Crippen LogP contribution in [0.15, 0.2) is 11.9 Å². The molecule has 1 saturated heterocycles. The Morgan fingerprint density at radius 2 is 1.90 bits per heavy atom. The maximum Gasteiger partial charge on any atom is 0.0701 e. The van der Waals surface area contributed by atoms with Crippen LogP contribution in [0.4, 0.5) is 0 Å². The van der Waals surface area contributed by atoms with Crippen LogP contribution in [-0.4, -0.2) is 80.6 Å². The minimum Gasteiger partial charge on any atom is -0.378 e. The molecule has 2 heterocycles. The minimum atomic E-state index is 0.562. The second-order valence-electron chi connectivity index (χ2n) is 4.99. The molecule has 1 fully saturated rings. The Morgan fingerprint density at radius 3 is 2.67 bits per heavy atom. The molecule has 21 heavy (non-hydrogen) atoms. The number of nitrogens with one attached hydrogen (secondary N) is 2. The highest BCUT2D eigenvalue weighted by atomic mass is 32.2. The lowest BCUT2D eigenvalue weighted by atomic mass is 10.4. The summed E-state index contributed by atoms with van der Waals surface area (Å²) in [5, 5.41) is 2.02. The summed E-state index contributed by atoms with van der Waals surface area (Å²) in [4.78, 5) is 2.48. The molecule has 122 valence electrons. The van der Waals surface area contributed by atoms with Crippen LogP contribution in [0, 0.1) is 0 Å². The van der Waals surface area contributed by atoms with Gasteiger partial charge in [-0.15, -0.1) is 5.53 Å². The van der Waals surface area contributed by atoms with Gasteiger partial charge in [0.25, 0.3) is 0 Å². The molecule has 0 atom stereocenters. The van der Waals surface area contributed by atoms with E-state index in [2.05, 4.69) is 22.1 Å². The highest BCUT2D eigenvalue weighted by molar-refractivity contribution is 7.99. The third-order valence-corrected chi connectivity index (χ3v) is 4.22. The van der Waals surface area contributed by atoms with Gasteiger partial charge in [0.05, 0.1) is 38.7 Å². The molecule has 0 radical (unpaired) electrons. The molecule has 2 aliphatic heterocycles. The number of hydrogen-bond acceptors (Lipinski definition) is 8. The van der Waals surface area contributed by atoms with Crippen LogP contribution in [0.2, 0.25) is 0 Å². The zero-order chi connectivity index (χ0) is 14.8. The first kappa shape index (κ1) is 16.9. The van der Waals surface area contributed by atoms with Crippen LogP contribution >= 0.6 is 11.8 Å². The molecule has 0 aliphatic carbocycles. The molecule has 0 bridgehead atoms. The van der Waals surface area contributed by atoms with Crippen LogP contribution in [0.25, 0.3) is 0 Å². The van der Waals surface area contributed by atoms with Crippen LogP contribution in [0.1, 0.15) is 0 Å². The number of hydrazine groups is 2. The van der Waals surface area contributed by atoms with Gasteiger partial charge in [-0.1, -0.05) is 0 Å². The molecule has 2 rings (SSSR count). The highest BCUT2D eigenvalue weighted by Gasteiger charge is 2.16. The van der Waals surface area contributed by atoms with Gasteiger partial charge in [0, 0.05) is 43.9 Å². The molecule has 0 amide bonds. The van der Waals surface area contributed by atoms with Gasteiger partial charge in [0.15, 0.2) is 0 Å². The number of nitrogens with zero attached hydrogens (tertiary/aromatic N) is 2. The first-order valence-corrected chi connectivity index (χ1v) is 8.68. The van der Waals surface area contributed by atoms with Crippen molar-refractivity contribution < 1.29 is 9.47 Å². The van der Waals surface area contributed by atoms with Crippen molar-refractivity contribution in [3.05, 3.63) is 11.9 Å². The largest absolute Gasteiger partial charge is 0.378 e. The van der Waals surface area contributed by atoms with E-state index in [1.54, 1.807) is 0 Å². The summed E-state index contributed by atoms with van der Waals surface area (Å²) < 4.78 is 10.8. The summed E-state index contributed by atoms with van der Waals surface area (Å²) in [5.41, 5.74) is 12.9. The Bertz CT molecular complexity index is 313. The predicted octanol–water partition coefficient (Wildman–Crippen LogP) is -0.807. The third kappa shape index (κ3) is 6.86. The fraction of sp³-hybridized carbons (Fsp3) is 0.846. The van der Waals surface area contributed by atoms with E-state index in [0.717, 1.165) is 13.1 Å². The SMILES string of the molecule is NCCOCCOCCN1C=C(CN2CCSCC2)NN1. The molecular weight excluding hydrogens is 290 g/mol. The molecule has 8 heteroatoms. The summed E-state index contributed by atoms with van der Waals surface area (Å²) in [6.07, 6.45) is 2.12. The summed E-state index contributed by atoms with van der Waals surface area (Å²) in [5.74, 6) is 2.48. The first-order chi connectivity index (χ1) is 10.4. The average molecular weight is 317 g/mol. The topological polar surface area (TPSA) is 75.0 Å². The number of thioether (sulfide) groups is 1. The molecule has 0 saturated carbocycles. The van der Waals surface area contributed by atoms with Gasteiger partial charge in [-0.3, -0.25) is 9.91 Å². The van der Waals surface area contributed by atoms with Crippen molar-refractivity contribution in [1.82, 2.24) is 20.9 Å². The zero-order valence-electron chi connectivity index (χ0n) is 12.6. The van der Waals surface area contributed by atoms with Crippen LogP contribution in [-0.2, 0) is 9.47 Å². The van der Waals surface area contributed by atoms with Gasteiger partial charge >= 0.3 is 0 Å². The number of rotatable bonds is 10. The lowest BCUT2D eigenvalue weighted by molar-refractivity contribution is 0.0413. The molecular formula is C13H27N5O2S. The van der Waals surface area contributed by atoms with E-state index in [1.807, 2.05) is 16.8 Å². The maximum atomic E-state index is 5.51. The van der Waals surface area contributed by atoms with Crippen LogP contribution in [0.5, 0.6) is 0 Å². The predicted molar refractivity (Wildman–Crippen MR) is 85.5 cm³/mol. The van der Waals surface area contributed by atoms with Crippen molar-refractivity contribution in [2.24, 2.45) is 5.73 Å². The Morgan fingerprint density at radius 1 is 1.14 bits per heavy atom. The summed E-state index contributed by atoms with van der Waals surface area (Å²) >= 11 is 2.04. The van der Waals surface area contributed by atoms with Crippen molar-refractivity contribution in [3.63, 3.8) is 0 Å². The van der Waals surface area contributed by atoms with Crippen molar-refractivity contribution in [2.45, 2.75) is 0 Å². The van der Waals surface area contributed by atoms with Gasteiger partial charge in [-0.2, -0.15) is 11.8 Å². The molecule has 0 spiro atoms. The van der Waals surface area contributed by atoms with E-state index in [9.17, 15) is 0 Å². The highest BCUT2D eigenvalue weighted by Crippen LogP contribution is 2.11. The summed E-state index contributed by atoms with van der Waals surface area (Å²) in [6.45, 7) is 7.20. The normalized spacial score (nSPS) is 19.7. The molecule has 2 aliphatic rings. The smallest absolute Gasteiger partial charge is 0.0701 e. The maximum absolute atomic E-state index is 5.51. The van der Waals surface area contributed by atoms with Crippen molar-refractivity contribution in [2.75, 3.05) is 70.7 Å². The number of nitrogens with two attached hydrogens (primary N) is 1. The third-order valence-electron chi connectivity index (χ3n) is 3.28. The fourth-order valence-electron chi connectivity index (χ4n) is 2.17. The van der Waals surface area contributed by atoms with Crippen LogP contribution < -0.4 is 16.7 Å². The zero-order valence-corrected chi connectivity index (χ0v) is 13.4. The molecule has 4 N–H and O–H groups in total. The average Bonchev–Trinajstić information content (AvgIpc) is 2.95. The van der Waals surface area contributed by atoms with Gasteiger partial charge in [-0.05, 0) is 0 Å². The Balaban J connectivity index is 1.52. The molecule has 0 aromatic carbocycles. The Kier molecular flexibility index (Phi) is 8.23. The second-order valence-corrected chi connectivity index (χ2v) is 6.21. The van der Waals surface area contributed by atoms with Crippen molar-refractivity contribution in [3.8, 4) is 0 Å². The van der Waals surface area contributed by atoms with E-state index in [4.69, 9.17) is 15.2 Å². The van der Waals surface area contributed by atoms with E-state index in [-0.39, 0.29) is 0 Å². The van der Waals surface area contributed by atoms with E-state index >= 15 is 0 Å². The molecule has 0 unspecified atom stereocenters. The molecule has 7 nitrogen and oxygen atoms in total. The summed E-state index contributed by atoms with van der Waals surface area (Å²) in [7, 11) is 0. The Labute approximate surface area is 131 Å². The van der Waals surface area contributed by atoms with E-state index in [0.29, 0.717) is 33.0 Å². The first-order valence-electron chi connectivity index (χ1n) is 7.53. The van der Waals surface area contributed by atoms with Crippen molar-refractivity contribution >= 4 is 11.8 Å². The second kappa shape index (κ2) is 10.3. The molecule has 0 aromatic heterocycles. The number of ether oxygens (including phenoxy) is 2. The molecule has 0 aromatic rings. The van der Waals surface area contributed by atoms with Crippen LogP contribution in [0.3, 0.4) is 0 Å². The van der Waals surface area contributed by atoms with Gasteiger partial charge in [-0.25, -0.2) is 0 Å². The van der Waals surface area contributed by atoms with E-state index < -0.39 is 0 Å². The lowest BCUT2D eigenvalue weighted by Gasteiger charge is -2.26. The minimum absolute atomic E-state index is 0.562. The summed E-state index contributed by atoms with van der Waals surface area (Å²) in [6, 6.07) is 0. The monoisotopic (exact) mass is 317 g/mol. The number of hydrogen-bond donors (Lipinski definition) is 3. The quantitative estimate of drug-likeness (QED) is 0.452. The lowest BCUT2D eigenvalue weighted by Crippen LogP contribution is -2.40.